The van der Waals surface area contributed by atoms with E-state index in [4.69, 9.17) is 4.98 Å². The van der Waals surface area contributed by atoms with E-state index in [1.165, 1.54) is 25.9 Å². The smallest absolute Gasteiger partial charge is 0.140 e. The first-order valence-electron chi connectivity index (χ1n) is 12.9. The van der Waals surface area contributed by atoms with Crippen LogP contribution in [-0.2, 0) is 17.8 Å². The van der Waals surface area contributed by atoms with Crippen molar-refractivity contribution in [1.29, 1.82) is 0 Å². The van der Waals surface area contributed by atoms with Gasteiger partial charge in [0, 0.05) is 52.7 Å². The molecule has 0 N–H and O–H groups in total. The number of halogens is 1. The Balaban J connectivity index is 1.31. The van der Waals surface area contributed by atoms with Gasteiger partial charge in [0.15, 0.2) is 0 Å². The number of aromatic nitrogens is 2. The van der Waals surface area contributed by atoms with Gasteiger partial charge in [-0.15, -0.1) is 0 Å². The molecule has 5 nitrogen and oxygen atoms in total. The molecule has 2 saturated heterocycles. The Morgan fingerprint density at radius 2 is 1.66 bits per heavy atom. The Hall–Kier alpha value is -2.09. The van der Waals surface area contributed by atoms with Crippen LogP contribution in [0.25, 0.3) is 22.4 Å². The molecule has 0 radical (unpaired) electrons. The number of imidazole rings is 1. The number of likely N-dealkylation sites (tertiary alicyclic amines) is 2. The van der Waals surface area contributed by atoms with Gasteiger partial charge < -0.3 is 14.4 Å². The Morgan fingerprint density at radius 3 is 2.26 bits per heavy atom. The van der Waals surface area contributed by atoms with Crippen molar-refractivity contribution in [3.63, 3.8) is 0 Å². The standard InChI is InChI=1S/C28H37FN4OS/c1-19(2)32-15-11-22(12-16-32)33-13-9-20(10-14-33)24-17-27-26(18-25(24)29)30-28(31(27)3)21-5-7-23(8-6-21)35(4)34/h5-8,17-20,22H,9-16H2,1-4H3. The van der Waals surface area contributed by atoms with E-state index in [2.05, 4.69) is 23.6 Å². The topological polar surface area (TPSA) is 41.4 Å². The number of piperidine rings is 2. The molecule has 2 aliphatic rings. The van der Waals surface area contributed by atoms with Crippen LogP contribution in [0.1, 0.15) is 51.0 Å². The van der Waals surface area contributed by atoms with Crippen LogP contribution in [0.4, 0.5) is 4.39 Å². The lowest BCUT2D eigenvalue weighted by molar-refractivity contribution is 0.0750. The van der Waals surface area contributed by atoms with Crippen molar-refractivity contribution in [2.45, 2.75) is 62.4 Å². The lowest BCUT2D eigenvalue weighted by Crippen LogP contribution is -2.48. The summed E-state index contributed by atoms with van der Waals surface area (Å²) in [5.74, 6) is 0.915. The molecule has 2 aromatic carbocycles. The van der Waals surface area contributed by atoms with Crippen LogP contribution in [0.3, 0.4) is 0 Å². The number of nitrogens with zero attached hydrogens (tertiary/aromatic N) is 4. The summed E-state index contributed by atoms with van der Waals surface area (Å²) in [6.07, 6.45) is 6.18. The lowest BCUT2D eigenvalue weighted by Gasteiger charge is -2.42. The van der Waals surface area contributed by atoms with Crippen LogP contribution in [0, 0.1) is 5.82 Å². The quantitative estimate of drug-likeness (QED) is 0.489. The first kappa shape index (κ1) is 24.6. The van der Waals surface area contributed by atoms with E-state index in [0.29, 0.717) is 17.6 Å². The molecule has 0 saturated carbocycles. The molecule has 188 valence electrons. The molecular formula is C28H37FN4OS. The minimum Gasteiger partial charge on any atom is -0.327 e. The molecular weight excluding hydrogens is 459 g/mol. The highest BCUT2D eigenvalue weighted by molar-refractivity contribution is 7.84. The maximum absolute atomic E-state index is 15.3. The molecule has 0 spiro atoms. The summed E-state index contributed by atoms with van der Waals surface area (Å²) in [6.45, 7) is 9.05. The maximum Gasteiger partial charge on any atom is 0.140 e. The number of hydrogen-bond donors (Lipinski definition) is 0. The van der Waals surface area contributed by atoms with Gasteiger partial charge in [-0.25, -0.2) is 9.37 Å². The van der Waals surface area contributed by atoms with Gasteiger partial charge in [0.05, 0.1) is 11.0 Å². The number of benzene rings is 2. The van der Waals surface area contributed by atoms with Gasteiger partial charge in [-0.05, 0) is 95.4 Å². The lowest BCUT2D eigenvalue weighted by atomic mass is 9.87. The summed E-state index contributed by atoms with van der Waals surface area (Å²) >= 11 is 0. The van der Waals surface area contributed by atoms with Crippen LogP contribution in [0.5, 0.6) is 0 Å². The number of aryl methyl sites for hydroxylation is 1. The second-order valence-corrected chi connectivity index (χ2v) is 11.9. The molecule has 1 atom stereocenters. The molecule has 0 amide bonds. The Kier molecular flexibility index (Phi) is 7.11. The minimum absolute atomic E-state index is 0.137. The number of hydrogen-bond acceptors (Lipinski definition) is 4. The van der Waals surface area contributed by atoms with Crippen molar-refractivity contribution in [2.75, 3.05) is 32.4 Å². The van der Waals surface area contributed by atoms with Gasteiger partial charge in [0.1, 0.15) is 11.6 Å². The fourth-order valence-corrected chi connectivity index (χ4v) is 6.46. The zero-order chi connectivity index (χ0) is 24.7. The van der Waals surface area contributed by atoms with Gasteiger partial charge in [-0.2, -0.15) is 0 Å². The van der Waals surface area contributed by atoms with Crippen molar-refractivity contribution in [1.82, 2.24) is 19.4 Å². The molecule has 3 heterocycles. The van der Waals surface area contributed by atoms with E-state index < -0.39 is 10.8 Å². The van der Waals surface area contributed by atoms with Crippen molar-refractivity contribution in [3.8, 4) is 11.4 Å². The predicted molar refractivity (Wildman–Crippen MR) is 142 cm³/mol. The minimum atomic E-state index is -1.01. The van der Waals surface area contributed by atoms with E-state index in [9.17, 15) is 4.21 Å². The molecule has 0 aliphatic carbocycles. The van der Waals surface area contributed by atoms with Gasteiger partial charge >= 0.3 is 0 Å². The van der Waals surface area contributed by atoms with E-state index in [1.807, 2.05) is 41.9 Å². The summed E-state index contributed by atoms with van der Waals surface area (Å²) < 4.78 is 29.0. The number of fused-ring (bicyclic) bond motifs is 1. The van der Waals surface area contributed by atoms with Crippen LogP contribution in [-0.4, -0.2) is 68.1 Å². The number of rotatable bonds is 5. The molecule has 3 aromatic rings. The average molecular weight is 497 g/mol. The van der Waals surface area contributed by atoms with Crippen molar-refractivity contribution < 1.29 is 8.60 Å². The van der Waals surface area contributed by atoms with Gasteiger partial charge in [0.25, 0.3) is 0 Å². The van der Waals surface area contributed by atoms with Gasteiger partial charge in [-0.3, -0.25) is 4.21 Å². The van der Waals surface area contributed by atoms with Gasteiger partial charge in [0.2, 0.25) is 0 Å². The van der Waals surface area contributed by atoms with Crippen LogP contribution >= 0.6 is 0 Å². The van der Waals surface area contributed by atoms with Crippen molar-refractivity contribution in [2.24, 2.45) is 7.05 Å². The molecule has 0 bridgehead atoms. The highest BCUT2D eigenvalue weighted by atomic mass is 32.2. The Bertz CT molecular complexity index is 1210. The molecule has 1 aromatic heterocycles. The first-order chi connectivity index (χ1) is 16.8. The van der Waals surface area contributed by atoms with Crippen LogP contribution < -0.4 is 0 Å². The highest BCUT2D eigenvalue weighted by Gasteiger charge is 2.30. The monoisotopic (exact) mass is 496 g/mol. The summed E-state index contributed by atoms with van der Waals surface area (Å²) in [6, 6.07) is 12.6. The fourth-order valence-electron chi connectivity index (χ4n) is 5.94. The van der Waals surface area contributed by atoms with Crippen molar-refractivity contribution >= 4 is 21.8 Å². The molecule has 1 unspecified atom stereocenters. The third-order valence-corrected chi connectivity index (χ3v) is 9.09. The largest absolute Gasteiger partial charge is 0.327 e. The van der Waals surface area contributed by atoms with Crippen molar-refractivity contribution in [3.05, 3.63) is 47.8 Å². The molecule has 5 rings (SSSR count). The summed E-state index contributed by atoms with van der Waals surface area (Å²) in [5.41, 5.74) is 3.42. The van der Waals surface area contributed by atoms with E-state index in [-0.39, 0.29) is 11.7 Å². The van der Waals surface area contributed by atoms with E-state index in [1.54, 1.807) is 12.3 Å². The maximum atomic E-state index is 15.3. The Morgan fingerprint density at radius 1 is 1.00 bits per heavy atom. The van der Waals surface area contributed by atoms with Crippen LogP contribution in [0.2, 0.25) is 0 Å². The second-order valence-electron chi connectivity index (χ2n) is 10.5. The zero-order valence-corrected chi connectivity index (χ0v) is 22.2. The first-order valence-corrected chi connectivity index (χ1v) is 14.5. The summed E-state index contributed by atoms with van der Waals surface area (Å²) in [4.78, 5) is 10.8. The highest BCUT2D eigenvalue weighted by Crippen LogP contribution is 2.35. The SMILES string of the molecule is CC(C)N1CCC(N2CCC(c3cc4c(cc3F)nc(-c3ccc(S(C)=O)cc3)n4C)CC2)CC1. The van der Waals surface area contributed by atoms with Gasteiger partial charge in [-0.1, -0.05) is 12.1 Å². The normalized spacial score (nSPS) is 20.2. The zero-order valence-electron chi connectivity index (χ0n) is 21.3. The summed E-state index contributed by atoms with van der Waals surface area (Å²) in [7, 11) is 0.977. The molecule has 35 heavy (non-hydrogen) atoms. The van der Waals surface area contributed by atoms with E-state index in [0.717, 1.165) is 53.3 Å². The molecule has 7 heteroatoms. The predicted octanol–water partition coefficient (Wildman–Crippen LogP) is 5.17. The van der Waals surface area contributed by atoms with Crippen LogP contribution in [0.15, 0.2) is 41.3 Å². The second kappa shape index (κ2) is 10.1. The fraction of sp³-hybridized carbons (Fsp3) is 0.536. The van der Waals surface area contributed by atoms with E-state index >= 15 is 4.39 Å². The molecule has 2 aliphatic heterocycles. The average Bonchev–Trinajstić information content (AvgIpc) is 3.18. The molecule has 2 fully saturated rings. The summed E-state index contributed by atoms with van der Waals surface area (Å²) in [5, 5.41) is 0. The third kappa shape index (κ3) is 4.95. The third-order valence-electron chi connectivity index (χ3n) is 8.16. The Labute approximate surface area is 210 Å².